The summed E-state index contributed by atoms with van der Waals surface area (Å²) in [5.41, 5.74) is 1.43. The molecule has 0 aliphatic carbocycles. The number of carbonyl (C=O) groups excluding carboxylic acids is 2. The Balaban J connectivity index is 1.46. The van der Waals surface area contributed by atoms with Crippen LogP contribution in [0.2, 0.25) is 5.02 Å². The Morgan fingerprint density at radius 1 is 1.02 bits per heavy atom. The predicted molar refractivity (Wildman–Crippen MR) is 150 cm³/mol. The van der Waals surface area contributed by atoms with Crippen LogP contribution in [0, 0.1) is 6.92 Å². The number of nitrogens with one attached hydrogen (secondary N) is 2. The molecule has 0 saturated carbocycles. The molecule has 13 heteroatoms. The Kier molecular flexibility index (Phi) is 9.56. The number of carbonyl (C=O) groups is 2. The van der Waals surface area contributed by atoms with Crippen LogP contribution in [0.5, 0.6) is 5.75 Å². The lowest BCUT2D eigenvalue weighted by molar-refractivity contribution is -0.137. The first-order chi connectivity index (χ1) is 19.5. The minimum atomic E-state index is -4.58. The van der Waals surface area contributed by atoms with Crippen LogP contribution in [0.25, 0.3) is 5.69 Å². The number of halogens is 4. The molecule has 0 unspecified atom stereocenters. The number of hydrogen-bond donors (Lipinski definition) is 2. The fourth-order valence-corrected chi connectivity index (χ4v) is 4.75. The van der Waals surface area contributed by atoms with Crippen molar-refractivity contribution in [3.8, 4) is 11.4 Å². The van der Waals surface area contributed by atoms with Gasteiger partial charge in [0, 0.05) is 5.69 Å². The van der Waals surface area contributed by atoms with Crippen molar-refractivity contribution in [3.05, 3.63) is 94.3 Å². The predicted octanol–water partition coefficient (Wildman–Crippen LogP) is 5.85. The van der Waals surface area contributed by atoms with Gasteiger partial charge in [0.15, 0.2) is 11.0 Å². The minimum absolute atomic E-state index is 0.0213. The van der Waals surface area contributed by atoms with Gasteiger partial charge in [-0.15, -0.1) is 10.2 Å². The number of hydrogen-bond acceptors (Lipinski definition) is 6. The highest BCUT2D eigenvalue weighted by atomic mass is 35.5. The second-order valence-electron chi connectivity index (χ2n) is 8.90. The van der Waals surface area contributed by atoms with E-state index in [1.165, 1.54) is 0 Å². The van der Waals surface area contributed by atoms with Gasteiger partial charge in [-0.3, -0.25) is 14.2 Å². The zero-order valence-corrected chi connectivity index (χ0v) is 23.5. The van der Waals surface area contributed by atoms with Gasteiger partial charge in [-0.25, -0.2) is 0 Å². The standard InChI is InChI=1S/C28H25ClF3N5O3S/c1-17-4-3-5-20(12-17)37-24(15-33-25(38)13-18-6-9-21(40-2)10-7-18)35-36-27(37)41-16-26(39)34-23-14-19(28(30,31)32)8-11-22(23)29/h3-12,14H,13,15-16H2,1-2H3,(H,33,38)(H,34,39). The highest BCUT2D eigenvalue weighted by molar-refractivity contribution is 7.99. The smallest absolute Gasteiger partial charge is 0.416 e. The molecule has 0 radical (unpaired) electrons. The monoisotopic (exact) mass is 603 g/mol. The van der Waals surface area contributed by atoms with E-state index in [4.69, 9.17) is 16.3 Å². The number of amides is 2. The molecule has 1 aromatic heterocycles. The maximum Gasteiger partial charge on any atom is 0.416 e. The van der Waals surface area contributed by atoms with E-state index in [2.05, 4.69) is 20.8 Å². The van der Waals surface area contributed by atoms with Crippen molar-refractivity contribution in [1.82, 2.24) is 20.1 Å². The second-order valence-corrected chi connectivity index (χ2v) is 10.3. The highest BCUT2D eigenvalue weighted by Gasteiger charge is 2.31. The molecule has 2 amide bonds. The fraction of sp³-hybridized carbons (Fsp3) is 0.214. The van der Waals surface area contributed by atoms with Crippen LogP contribution in [0.3, 0.4) is 0 Å². The average molecular weight is 604 g/mol. The van der Waals surface area contributed by atoms with Gasteiger partial charge < -0.3 is 15.4 Å². The topological polar surface area (TPSA) is 98.1 Å². The third-order valence-corrected chi connectivity index (χ3v) is 7.09. The van der Waals surface area contributed by atoms with Crippen LogP contribution >= 0.6 is 23.4 Å². The Bertz CT molecular complexity index is 1540. The Morgan fingerprint density at radius 3 is 2.46 bits per heavy atom. The number of anilines is 1. The first-order valence-electron chi connectivity index (χ1n) is 12.2. The number of methoxy groups -OCH3 is 1. The summed E-state index contributed by atoms with van der Waals surface area (Å²) in [6.45, 7) is 1.99. The van der Waals surface area contributed by atoms with E-state index in [9.17, 15) is 22.8 Å². The van der Waals surface area contributed by atoms with Crippen LogP contribution in [0.15, 0.2) is 71.9 Å². The first-order valence-corrected chi connectivity index (χ1v) is 13.6. The highest BCUT2D eigenvalue weighted by Crippen LogP contribution is 2.34. The van der Waals surface area contributed by atoms with E-state index in [0.717, 1.165) is 46.8 Å². The summed E-state index contributed by atoms with van der Waals surface area (Å²) in [6, 6.07) is 17.4. The van der Waals surface area contributed by atoms with Crippen molar-refractivity contribution in [2.24, 2.45) is 0 Å². The fourth-order valence-electron chi connectivity index (χ4n) is 3.82. The summed E-state index contributed by atoms with van der Waals surface area (Å²) < 4.78 is 46.1. The first kappa shape index (κ1) is 29.9. The van der Waals surface area contributed by atoms with Gasteiger partial charge in [0.25, 0.3) is 0 Å². The van der Waals surface area contributed by atoms with Gasteiger partial charge in [0.1, 0.15) is 5.75 Å². The van der Waals surface area contributed by atoms with Gasteiger partial charge in [0.05, 0.1) is 42.1 Å². The van der Waals surface area contributed by atoms with E-state index < -0.39 is 17.6 Å². The molecule has 4 aromatic rings. The van der Waals surface area contributed by atoms with Crippen molar-refractivity contribution >= 4 is 40.9 Å². The molecule has 0 aliphatic rings. The zero-order valence-electron chi connectivity index (χ0n) is 22.0. The molecule has 4 rings (SSSR count). The Hall–Kier alpha value is -4.03. The number of alkyl halides is 3. The molecular formula is C28H25ClF3N5O3S. The lowest BCUT2D eigenvalue weighted by Crippen LogP contribution is -2.26. The molecule has 214 valence electrons. The lowest BCUT2D eigenvalue weighted by Gasteiger charge is -2.13. The van der Waals surface area contributed by atoms with Gasteiger partial charge in [-0.05, 0) is 60.5 Å². The van der Waals surface area contributed by atoms with Gasteiger partial charge in [0.2, 0.25) is 11.8 Å². The number of benzene rings is 3. The average Bonchev–Trinajstić information content (AvgIpc) is 3.34. The third kappa shape index (κ3) is 8.01. The lowest BCUT2D eigenvalue weighted by atomic mass is 10.1. The second kappa shape index (κ2) is 13.1. The van der Waals surface area contributed by atoms with Gasteiger partial charge >= 0.3 is 6.18 Å². The number of rotatable bonds is 10. The molecule has 1 heterocycles. The molecule has 3 aromatic carbocycles. The summed E-state index contributed by atoms with van der Waals surface area (Å²) >= 11 is 7.04. The van der Waals surface area contributed by atoms with E-state index >= 15 is 0 Å². The summed E-state index contributed by atoms with van der Waals surface area (Å²) in [7, 11) is 1.57. The number of aryl methyl sites for hydroxylation is 1. The normalized spacial score (nSPS) is 11.3. The van der Waals surface area contributed by atoms with Crippen molar-refractivity contribution in [1.29, 1.82) is 0 Å². The van der Waals surface area contributed by atoms with Crippen molar-refractivity contribution in [2.75, 3.05) is 18.2 Å². The third-order valence-electron chi connectivity index (χ3n) is 5.83. The van der Waals surface area contributed by atoms with Crippen LogP contribution < -0.4 is 15.4 Å². The molecule has 41 heavy (non-hydrogen) atoms. The van der Waals surface area contributed by atoms with Gasteiger partial charge in [-0.2, -0.15) is 13.2 Å². The summed E-state index contributed by atoms with van der Waals surface area (Å²) in [6.07, 6.45) is -4.42. The van der Waals surface area contributed by atoms with Crippen LogP contribution in [0.1, 0.15) is 22.5 Å². The molecule has 8 nitrogen and oxygen atoms in total. The summed E-state index contributed by atoms with van der Waals surface area (Å²) in [4.78, 5) is 25.3. The van der Waals surface area contributed by atoms with Crippen molar-refractivity contribution in [3.63, 3.8) is 0 Å². The van der Waals surface area contributed by atoms with E-state index in [1.54, 1.807) is 35.9 Å². The van der Waals surface area contributed by atoms with Crippen LogP contribution in [-0.2, 0) is 28.7 Å². The zero-order chi connectivity index (χ0) is 29.6. The van der Waals surface area contributed by atoms with Crippen LogP contribution in [0.4, 0.5) is 18.9 Å². The molecule has 0 saturated heterocycles. The Labute approximate surface area is 243 Å². The van der Waals surface area contributed by atoms with E-state index in [-0.39, 0.29) is 35.3 Å². The minimum Gasteiger partial charge on any atom is -0.497 e. The molecule has 0 bridgehead atoms. The maximum absolute atomic E-state index is 13.1. The SMILES string of the molecule is COc1ccc(CC(=O)NCc2nnc(SCC(=O)Nc3cc(C(F)(F)F)ccc3Cl)n2-c2cccc(C)c2)cc1. The molecule has 0 fully saturated rings. The Morgan fingerprint density at radius 2 is 1.78 bits per heavy atom. The molecule has 0 aliphatic heterocycles. The van der Waals surface area contributed by atoms with Crippen LogP contribution in [-0.4, -0.2) is 39.4 Å². The van der Waals surface area contributed by atoms with E-state index in [1.807, 2.05) is 31.2 Å². The number of thioether (sulfide) groups is 1. The number of ether oxygens (including phenoxy) is 1. The van der Waals surface area contributed by atoms with Crippen molar-refractivity contribution in [2.45, 2.75) is 31.2 Å². The summed E-state index contributed by atoms with van der Waals surface area (Å²) in [5.74, 6) is 0.143. The number of nitrogens with zero attached hydrogens (tertiary/aromatic N) is 3. The summed E-state index contributed by atoms with van der Waals surface area (Å²) in [5, 5.41) is 14.0. The maximum atomic E-state index is 13.1. The molecular weight excluding hydrogens is 579 g/mol. The molecule has 0 spiro atoms. The largest absolute Gasteiger partial charge is 0.497 e. The van der Waals surface area contributed by atoms with E-state index in [0.29, 0.717) is 16.7 Å². The van der Waals surface area contributed by atoms with Gasteiger partial charge in [-0.1, -0.05) is 47.6 Å². The number of aromatic nitrogens is 3. The molecule has 0 atom stereocenters. The molecule has 2 N–H and O–H groups in total. The van der Waals surface area contributed by atoms with Crippen molar-refractivity contribution < 1.29 is 27.5 Å². The quantitative estimate of drug-likeness (QED) is 0.221.